The molecular formula is C15H11BrN4. The Kier molecular flexibility index (Phi) is 2.96. The van der Waals surface area contributed by atoms with Crippen LogP contribution in [0.3, 0.4) is 0 Å². The van der Waals surface area contributed by atoms with Crippen LogP contribution >= 0.6 is 15.9 Å². The Morgan fingerprint density at radius 3 is 2.80 bits per heavy atom. The Labute approximate surface area is 124 Å². The maximum atomic E-state index is 9.15. The van der Waals surface area contributed by atoms with E-state index in [0.29, 0.717) is 17.0 Å². The minimum atomic E-state index is 0.383. The first-order valence-corrected chi connectivity index (χ1v) is 6.84. The fraction of sp³-hybridized carbons (Fsp3) is 0.0667. The lowest BCUT2D eigenvalue weighted by Crippen LogP contribution is -2.02. The molecule has 0 amide bonds. The molecular weight excluding hydrogens is 316 g/mol. The number of nitrogen functional groups attached to an aromatic ring is 1. The van der Waals surface area contributed by atoms with Crippen LogP contribution in [0.1, 0.15) is 11.1 Å². The van der Waals surface area contributed by atoms with E-state index in [1.54, 1.807) is 6.07 Å². The van der Waals surface area contributed by atoms with Crippen molar-refractivity contribution in [2.75, 3.05) is 5.73 Å². The first kappa shape index (κ1) is 12.7. The Hall–Kier alpha value is -2.32. The number of aryl methyl sites for hydroxylation is 1. The number of hydrogen-bond donors (Lipinski definition) is 1. The predicted octanol–water partition coefficient (Wildman–Crippen LogP) is 3.55. The molecule has 0 aliphatic heterocycles. The van der Waals surface area contributed by atoms with Crippen molar-refractivity contribution in [3.05, 3.63) is 52.0 Å². The van der Waals surface area contributed by atoms with Crippen LogP contribution in [0.4, 0.5) is 5.95 Å². The van der Waals surface area contributed by atoms with E-state index in [0.717, 1.165) is 21.2 Å². The number of benzene rings is 2. The summed E-state index contributed by atoms with van der Waals surface area (Å²) in [4.78, 5) is 4.33. The van der Waals surface area contributed by atoms with E-state index in [9.17, 15) is 0 Å². The summed E-state index contributed by atoms with van der Waals surface area (Å²) in [6.07, 6.45) is 0. The second-order valence-corrected chi connectivity index (χ2v) is 5.44. The molecule has 5 heteroatoms. The van der Waals surface area contributed by atoms with Gasteiger partial charge in [0.2, 0.25) is 5.95 Å². The molecule has 2 aromatic carbocycles. The highest BCUT2D eigenvalue weighted by Gasteiger charge is 2.14. The van der Waals surface area contributed by atoms with E-state index >= 15 is 0 Å². The van der Waals surface area contributed by atoms with E-state index in [2.05, 4.69) is 27.0 Å². The molecule has 2 N–H and O–H groups in total. The molecule has 98 valence electrons. The van der Waals surface area contributed by atoms with Gasteiger partial charge in [0, 0.05) is 4.47 Å². The van der Waals surface area contributed by atoms with Gasteiger partial charge < -0.3 is 5.73 Å². The molecule has 0 fully saturated rings. The summed E-state index contributed by atoms with van der Waals surface area (Å²) in [6.45, 7) is 2.01. The topological polar surface area (TPSA) is 67.6 Å². The number of nitrogens with two attached hydrogens (primary N) is 1. The minimum Gasteiger partial charge on any atom is -0.369 e. The van der Waals surface area contributed by atoms with E-state index in [1.165, 1.54) is 0 Å². The van der Waals surface area contributed by atoms with Crippen molar-refractivity contribution in [3.8, 4) is 11.8 Å². The van der Waals surface area contributed by atoms with Crippen LogP contribution in [-0.2, 0) is 0 Å². The van der Waals surface area contributed by atoms with Crippen molar-refractivity contribution in [1.29, 1.82) is 5.26 Å². The van der Waals surface area contributed by atoms with Gasteiger partial charge in [-0.3, -0.25) is 4.57 Å². The van der Waals surface area contributed by atoms with Gasteiger partial charge in [-0.05, 0) is 42.8 Å². The van der Waals surface area contributed by atoms with Gasteiger partial charge in [-0.25, -0.2) is 4.98 Å². The predicted molar refractivity (Wildman–Crippen MR) is 82.6 cm³/mol. The number of hydrogen-bond acceptors (Lipinski definition) is 3. The maximum absolute atomic E-state index is 9.15. The van der Waals surface area contributed by atoms with Crippen molar-refractivity contribution in [3.63, 3.8) is 0 Å². The number of halogens is 1. The standard InChI is InChI=1S/C15H11BrN4/c1-9-7-11(16)5-6-12(9)20-13-4-2-3-10(8-17)14(13)19-15(20)18/h2-7H,1H3,(H2,18,19). The second kappa shape index (κ2) is 4.66. The molecule has 3 rings (SSSR count). The van der Waals surface area contributed by atoms with Crippen molar-refractivity contribution >= 4 is 32.9 Å². The largest absolute Gasteiger partial charge is 0.369 e. The summed E-state index contributed by atoms with van der Waals surface area (Å²) >= 11 is 3.45. The molecule has 1 aromatic heterocycles. The quantitative estimate of drug-likeness (QED) is 0.743. The number of fused-ring (bicyclic) bond motifs is 1. The third-order valence-electron chi connectivity index (χ3n) is 3.23. The Morgan fingerprint density at radius 1 is 1.30 bits per heavy atom. The number of nitriles is 1. The molecule has 0 spiro atoms. The molecule has 0 radical (unpaired) electrons. The average Bonchev–Trinajstić information content (AvgIpc) is 2.75. The summed E-state index contributed by atoms with van der Waals surface area (Å²) in [6, 6.07) is 13.6. The van der Waals surface area contributed by atoms with E-state index in [-0.39, 0.29) is 0 Å². The van der Waals surface area contributed by atoms with Crippen molar-refractivity contribution in [1.82, 2.24) is 9.55 Å². The monoisotopic (exact) mass is 326 g/mol. The molecule has 0 saturated heterocycles. The SMILES string of the molecule is Cc1cc(Br)ccc1-n1c(N)nc2c(C#N)cccc21. The van der Waals surface area contributed by atoms with Crippen LogP contribution in [0, 0.1) is 18.3 Å². The Balaban J connectivity index is 2.37. The second-order valence-electron chi connectivity index (χ2n) is 4.52. The number of rotatable bonds is 1. The zero-order chi connectivity index (χ0) is 14.3. The highest BCUT2D eigenvalue weighted by atomic mass is 79.9. The molecule has 0 aliphatic carbocycles. The summed E-state index contributed by atoms with van der Waals surface area (Å²) in [5.74, 6) is 0.383. The van der Waals surface area contributed by atoms with Gasteiger partial charge in [0.15, 0.2) is 0 Å². The van der Waals surface area contributed by atoms with Crippen LogP contribution in [0.2, 0.25) is 0 Å². The van der Waals surface area contributed by atoms with E-state index in [1.807, 2.05) is 41.8 Å². The third-order valence-corrected chi connectivity index (χ3v) is 3.72. The van der Waals surface area contributed by atoms with Crippen LogP contribution < -0.4 is 5.73 Å². The van der Waals surface area contributed by atoms with Gasteiger partial charge in [-0.2, -0.15) is 5.26 Å². The van der Waals surface area contributed by atoms with Gasteiger partial charge in [-0.15, -0.1) is 0 Å². The minimum absolute atomic E-state index is 0.383. The molecule has 0 bridgehead atoms. The molecule has 1 heterocycles. The maximum Gasteiger partial charge on any atom is 0.205 e. The average molecular weight is 327 g/mol. The first-order valence-electron chi connectivity index (χ1n) is 6.05. The van der Waals surface area contributed by atoms with E-state index < -0.39 is 0 Å². The van der Waals surface area contributed by atoms with Gasteiger partial charge in [0.05, 0.1) is 16.8 Å². The third kappa shape index (κ3) is 1.86. The number of aromatic nitrogens is 2. The Morgan fingerprint density at radius 2 is 2.10 bits per heavy atom. The normalized spacial score (nSPS) is 10.7. The lowest BCUT2D eigenvalue weighted by molar-refractivity contribution is 1.09. The highest BCUT2D eigenvalue weighted by Crippen LogP contribution is 2.28. The smallest absolute Gasteiger partial charge is 0.205 e. The molecule has 0 unspecified atom stereocenters. The van der Waals surface area contributed by atoms with Crippen LogP contribution in [0.15, 0.2) is 40.9 Å². The lowest BCUT2D eigenvalue weighted by Gasteiger charge is -2.10. The molecule has 0 aliphatic rings. The summed E-state index contributed by atoms with van der Waals surface area (Å²) in [5.41, 5.74) is 10.1. The van der Waals surface area contributed by atoms with Crippen molar-refractivity contribution in [2.24, 2.45) is 0 Å². The van der Waals surface area contributed by atoms with Crippen LogP contribution in [0.25, 0.3) is 16.7 Å². The molecule has 20 heavy (non-hydrogen) atoms. The highest BCUT2D eigenvalue weighted by molar-refractivity contribution is 9.10. The fourth-order valence-corrected chi connectivity index (χ4v) is 2.81. The van der Waals surface area contributed by atoms with Gasteiger partial charge in [0.1, 0.15) is 11.6 Å². The van der Waals surface area contributed by atoms with Crippen LogP contribution in [-0.4, -0.2) is 9.55 Å². The zero-order valence-electron chi connectivity index (χ0n) is 10.8. The Bertz CT molecular complexity index is 858. The first-order chi connectivity index (χ1) is 9.61. The van der Waals surface area contributed by atoms with Gasteiger partial charge in [0.25, 0.3) is 0 Å². The number of nitrogens with zero attached hydrogens (tertiary/aromatic N) is 3. The zero-order valence-corrected chi connectivity index (χ0v) is 12.3. The number of imidazole rings is 1. The van der Waals surface area contributed by atoms with Gasteiger partial charge in [-0.1, -0.05) is 22.0 Å². The fourth-order valence-electron chi connectivity index (χ4n) is 2.33. The summed E-state index contributed by atoms with van der Waals surface area (Å²) in [5, 5.41) is 9.15. The summed E-state index contributed by atoms with van der Waals surface area (Å²) in [7, 11) is 0. The number of anilines is 1. The van der Waals surface area contributed by atoms with E-state index in [4.69, 9.17) is 11.0 Å². The molecule has 0 saturated carbocycles. The van der Waals surface area contributed by atoms with Crippen LogP contribution in [0.5, 0.6) is 0 Å². The van der Waals surface area contributed by atoms with Crippen molar-refractivity contribution in [2.45, 2.75) is 6.92 Å². The van der Waals surface area contributed by atoms with Crippen molar-refractivity contribution < 1.29 is 0 Å². The lowest BCUT2D eigenvalue weighted by atomic mass is 10.1. The summed E-state index contributed by atoms with van der Waals surface area (Å²) < 4.78 is 2.89. The molecule has 4 nitrogen and oxygen atoms in total. The molecule has 0 atom stereocenters. The number of para-hydroxylation sites is 1. The van der Waals surface area contributed by atoms with Gasteiger partial charge >= 0.3 is 0 Å². The molecule has 3 aromatic rings.